The molecule has 6 nitrogen and oxygen atoms in total. The molecular weight excluding hydrogens is 268 g/mol. The summed E-state index contributed by atoms with van der Waals surface area (Å²) in [6, 6.07) is 4.25. The van der Waals surface area contributed by atoms with E-state index in [2.05, 4.69) is 4.98 Å². The van der Waals surface area contributed by atoms with E-state index in [-0.39, 0.29) is 17.9 Å². The largest absolute Gasteiger partial charge is 0.462 e. The second kappa shape index (κ2) is 5.15. The Hall–Kier alpha value is -2.28. The summed E-state index contributed by atoms with van der Waals surface area (Å²) in [7, 11) is 0. The van der Waals surface area contributed by atoms with Gasteiger partial charge in [-0.25, -0.2) is 4.79 Å². The smallest absolute Gasteiger partial charge is 0.341 e. The third-order valence-corrected chi connectivity index (χ3v) is 3.01. The summed E-state index contributed by atoms with van der Waals surface area (Å²) < 4.78 is 5.21. The molecule has 0 fully saturated rings. The van der Waals surface area contributed by atoms with Crippen molar-refractivity contribution in [2.24, 2.45) is 0 Å². The fourth-order valence-corrected chi connectivity index (χ4v) is 2.00. The van der Waals surface area contributed by atoms with Crippen LogP contribution < -0.4 is 0 Å². The van der Waals surface area contributed by atoms with Gasteiger partial charge in [0, 0.05) is 23.7 Å². The van der Waals surface area contributed by atoms with Gasteiger partial charge >= 0.3 is 5.97 Å². The second-order valence-electron chi connectivity index (χ2n) is 3.74. The van der Waals surface area contributed by atoms with Gasteiger partial charge in [0.05, 0.1) is 27.1 Å². The Balaban J connectivity index is 2.60. The van der Waals surface area contributed by atoms with Crippen molar-refractivity contribution in [3.8, 4) is 0 Å². The Bertz CT molecular complexity index is 723. The van der Waals surface area contributed by atoms with Crippen molar-refractivity contribution in [2.45, 2.75) is 6.92 Å². The Morgan fingerprint density at radius 3 is 2.89 bits per heavy atom. The summed E-state index contributed by atoms with van der Waals surface area (Å²) >= 11 is 5.20. The monoisotopic (exact) mass is 278 g/mol. The number of nitro benzene ring substituents is 1. The number of H-pyrrole nitrogens is 1. The van der Waals surface area contributed by atoms with Crippen LogP contribution in [0.15, 0.2) is 24.4 Å². The molecule has 1 heterocycles. The average Bonchev–Trinajstić information content (AvgIpc) is 2.38. The fraction of sp³-hybridized carbons (Fsp3) is 0.167. The third kappa shape index (κ3) is 2.45. The van der Waals surface area contributed by atoms with Crippen LogP contribution >= 0.6 is 12.2 Å². The number of rotatable bonds is 3. The van der Waals surface area contributed by atoms with E-state index in [9.17, 15) is 14.9 Å². The zero-order valence-corrected chi connectivity index (χ0v) is 10.8. The summed E-state index contributed by atoms with van der Waals surface area (Å²) in [6.07, 6.45) is 1.41. The summed E-state index contributed by atoms with van der Waals surface area (Å²) in [5.41, 5.74) is 0.715. The zero-order chi connectivity index (χ0) is 14.0. The molecular formula is C12H10N2O4S. The van der Waals surface area contributed by atoms with E-state index in [1.54, 1.807) is 6.92 Å². The lowest BCUT2D eigenvalue weighted by Gasteiger charge is -2.04. The minimum absolute atomic E-state index is 0.0398. The molecule has 7 heteroatoms. The third-order valence-electron chi connectivity index (χ3n) is 2.57. The highest BCUT2D eigenvalue weighted by Gasteiger charge is 2.13. The minimum Gasteiger partial charge on any atom is -0.462 e. The molecule has 2 rings (SSSR count). The van der Waals surface area contributed by atoms with E-state index in [4.69, 9.17) is 17.0 Å². The number of non-ortho nitro benzene ring substituents is 1. The zero-order valence-electron chi connectivity index (χ0n) is 10.0. The highest BCUT2D eigenvalue weighted by molar-refractivity contribution is 7.71. The summed E-state index contributed by atoms with van der Waals surface area (Å²) in [5.74, 6) is -0.510. The van der Waals surface area contributed by atoms with Gasteiger partial charge in [-0.1, -0.05) is 12.2 Å². The molecule has 98 valence electrons. The number of nitrogens with zero attached hydrogens (tertiary/aromatic N) is 1. The molecule has 1 aromatic heterocycles. The first kappa shape index (κ1) is 13.2. The van der Waals surface area contributed by atoms with Gasteiger partial charge < -0.3 is 9.72 Å². The molecule has 0 aliphatic heterocycles. The Labute approximate surface area is 113 Å². The van der Waals surface area contributed by atoms with Crippen LogP contribution in [0.3, 0.4) is 0 Å². The summed E-state index contributed by atoms with van der Waals surface area (Å²) in [4.78, 5) is 24.7. The number of carbonyl (C=O) groups excluding carboxylic acids is 1. The van der Waals surface area contributed by atoms with Gasteiger partial charge in [-0.15, -0.1) is 0 Å². The second-order valence-corrected chi connectivity index (χ2v) is 4.15. The molecule has 0 saturated heterocycles. The maximum atomic E-state index is 11.7. The molecule has 1 N–H and O–H groups in total. The van der Waals surface area contributed by atoms with Gasteiger partial charge in [-0.05, 0) is 13.0 Å². The van der Waals surface area contributed by atoms with E-state index in [1.165, 1.54) is 24.4 Å². The predicted molar refractivity (Wildman–Crippen MR) is 71.7 cm³/mol. The van der Waals surface area contributed by atoms with Crippen molar-refractivity contribution in [1.29, 1.82) is 0 Å². The first-order valence-corrected chi connectivity index (χ1v) is 5.92. The Kier molecular flexibility index (Phi) is 3.57. The molecule has 0 aliphatic carbocycles. The number of aromatic amines is 1. The predicted octanol–water partition coefficient (Wildman–Crippen LogP) is 2.98. The van der Waals surface area contributed by atoms with Crippen LogP contribution in [0.25, 0.3) is 10.9 Å². The van der Waals surface area contributed by atoms with Crippen LogP contribution in [0.1, 0.15) is 17.3 Å². The normalized spacial score (nSPS) is 10.4. The van der Waals surface area contributed by atoms with Crippen molar-refractivity contribution in [2.75, 3.05) is 6.61 Å². The molecule has 0 spiro atoms. The maximum Gasteiger partial charge on any atom is 0.341 e. The topological polar surface area (TPSA) is 85.2 Å². The molecule has 2 aromatic rings. The van der Waals surface area contributed by atoms with Crippen molar-refractivity contribution in [3.63, 3.8) is 0 Å². The lowest BCUT2D eigenvalue weighted by Crippen LogP contribution is -2.06. The van der Waals surface area contributed by atoms with Crippen molar-refractivity contribution in [3.05, 3.63) is 44.6 Å². The van der Waals surface area contributed by atoms with E-state index in [0.717, 1.165) is 0 Å². The Morgan fingerprint density at radius 1 is 1.53 bits per heavy atom. The van der Waals surface area contributed by atoms with Gasteiger partial charge in [0.25, 0.3) is 5.69 Å². The number of esters is 1. The minimum atomic E-state index is -0.510. The number of pyridine rings is 1. The summed E-state index contributed by atoms with van der Waals surface area (Å²) in [6.45, 7) is 1.96. The molecule has 0 unspecified atom stereocenters. The van der Waals surface area contributed by atoms with Gasteiger partial charge in [0.1, 0.15) is 0 Å². The molecule has 19 heavy (non-hydrogen) atoms. The molecule has 0 atom stereocenters. The van der Waals surface area contributed by atoms with Crippen LogP contribution in [0.5, 0.6) is 0 Å². The average molecular weight is 278 g/mol. The van der Waals surface area contributed by atoms with E-state index >= 15 is 0 Å². The number of nitro groups is 1. The highest BCUT2D eigenvalue weighted by atomic mass is 32.1. The number of carbonyl (C=O) groups is 1. The fourth-order valence-electron chi connectivity index (χ4n) is 1.68. The van der Waals surface area contributed by atoms with Gasteiger partial charge in [-0.3, -0.25) is 10.1 Å². The van der Waals surface area contributed by atoms with E-state index < -0.39 is 10.9 Å². The number of hydrogen-bond acceptors (Lipinski definition) is 5. The lowest BCUT2D eigenvalue weighted by molar-refractivity contribution is -0.384. The van der Waals surface area contributed by atoms with Gasteiger partial charge in [0.2, 0.25) is 0 Å². The van der Waals surface area contributed by atoms with Crippen molar-refractivity contribution >= 4 is 34.8 Å². The van der Waals surface area contributed by atoms with Crippen LogP contribution in [-0.2, 0) is 4.74 Å². The van der Waals surface area contributed by atoms with Gasteiger partial charge in [-0.2, -0.15) is 0 Å². The first-order chi connectivity index (χ1) is 9.04. The number of hydrogen-bond donors (Lipinski definition) is 1. The molecule has 0 radical (unpaired) electrons. The number of ether oxygens (including phenoxy) is 1. The van der Waals surface area contributed by atoms with Gasteiger partial charge in [0.15, 0.2) is 0 Å². The van der Waals surface area contributed by atoms with E-state index in [0.29, 0.717) is 15.4 Å². The molecule has 0 bridgehead atoms. The van der Waals surface area contributed by atoms with E-state index in [1.807, 2.05) is 0 Å². The SMILES string of the molecule is CCOC(=O)c1c[nH]c2cc([N+](=O)[O-])ccc2c1=S. The maximum absolute atomic E-state index is 11.7. The number of fused-ring (bicyclic) bond motifs is 1. The quantitative estimate of drug-likeness (QED) is 0.404. The standard InChI is InChI=1S/C12H10N2O4S/c1-2-18-12(15)9-6-13-10-5-7(14(16)17)3-4-8(10)11(9)19/h3-6H,2H2,1H3,(H,13,19). The molecule has 0 amide bonds. The van der Waals surface area contributed by atoms with Crippen LogP contribution in [0.4, 0.5) is 5.69 Å². The van der Waals surface area contributed by atoms with Crippen LogP contribution in [-0.4, -0.2) is 22.5 Å². The molecule has 1 aromatic carbocycles. The number of aromatic nitrogens is 1. The molecule has 0 aliphatic rings. The lowest BCUT2D eigenvalue weighted by atomic mass is 10.1. The number of nitrogens with one attached hydrogen (secondary N) is 1. The van der Waals surface area contributed by atoms with Crippen LogP contribution in [0, 0.1) is 14.6 Å². The first-order valence-electron chi connectivity index (χ1n) is 5.51. The Morgan fingerprint density at radius 2 is 2.26 bits per heavy atom. The van der Waals surface area contributed by atoms with Crippen molar-refractivity contribution < 1.29 is 14.5 Å². The van der Waals surface area contributed by atoms with Crippen molar-refractivity contribution in [1.82, 2.24) is 4.98 Å². The molecule has 0 saturated carbocycles. The van der Waals surface area contributed by atoms with Crippen LogP contribution in [0.2, 0.25) is 0 Å². The number of benzene rings is 1. The summed E-state index contributed by atoms with van der Waals surface area (Å²) in [5, 5.41) is 11.3. The highest BCUT2D eigenvalue weighted by Crippen LogP contribution is 2.22.